The van der Waals surface area contributed by atoms with Crippen molar-refractivity contribution in [2.24, 2.45) is 5.10 Å². The fourth-order valence-electron chi connectivity index (χ4n) is 1.94. The van der Waals surface area contributed by atoms with Crippen molar-refractivity contribution >= 4 is 23.5 Å². The maximum absolute atomic E-state index is 12.3. The van der Waals surface area contributed by atoms with Gasteiger partial charge in [-0.15, -0.1) is 0 Å². The average Bonchev–Trinajstić information content (AvgIpc) is 2.61. The number of ether oxygens (including phenoxy) is 2. The molecule has 0 aliphatic carbocycles. The molecule has 0 unspecified atom stereocenters. The first kappa shape index (κ1) is 18.6. The minimum absolute atomic E-state index is 0.0392. The van der Waals surface area contributed by atoms with Crippen LogP contribution < -0.4 is 20.2 Å². The smallest absolute Gasteiger partial charge is 0.387 e. The summed E-state index contributed by atoms with van der Waals surface area (Å²) in [6.07, 6.45) is 1.49. The van der Waals surface area contributed by atoms with Gasteiger partial charge in [0.2, 0.25) is 0 Å². The summed E-state index contributed by atoms with van der Waals surface area (Å²) in [5.74, 6) is 0.150. The first-order valence-electron chi connectivity index (χ1n) is 7.32. The second-order valence-corrected chi connectivity index (χ2v) is 5.24. The number of rotatable bonds is 7. The Morgan fingerprint density at radius 3 is 2.64 bits per heavy atom. The summed E-state index contributed by atoms with van der Waals surface area (Å²) >= 11 is 5.12. The lowest BCUT2D eigenvalue weighted by Crippen LogP contribution is -2.31. The van der Waals surface area contributed by atoms with E-state index in [4.69, 9.17) is 17.0 Å². The van der Waals surface area contributed by atoms with Crippen LogP contribution in [0.5, 0.6) is 11.5 Å². The van der Waals surface area contributed by atoms with Crippen molar-refractivity contribution < 1.29 is 18.3 Å². The topological polar surface area (TPSA) is 54.9 Å². The van der Waals surface area contributed by atoms with Crippen LogP contribution in [0.1, 0.15) is 11.1 Å². The van der Waals surface area contributed by atoms with Gasteiger partial charge >= 0.3 is 6.61 Å². The number of nitrogens with one attached hydrogen (secondary N) is 2. The Morgan fingerprint density at radius 1 is 1.20 bits per heavy atom. The number of hydrogen-bond donors (Lipinski definition) is 2. The van der Waals surface area contributed by atoms with Crippen LogP contribution in [0.15, 0.2) is 53.6 Å². The zero-order valence-electron chi connectivity index (χ0n) is 13.4. The van der Waals surface area contributed by atoms with E-state index < -0.39 is 6.61 Å². The second-order valence-electron chi connectivity index (χ2n) is 4.83. The van der Waals surface area contributed by atoms with E-state index in [-0.39, 0.29) is 11.5 Å². The van der Waals surface area contributed by atoms with Gasteiger partial charge in [-0.25, -0.2) is 0 Å². The Morgan fingerprint density at radius 2 is 1.96 bits per heavy atom. The molecule has 0 aliphatic heterocycles. The number of nitrogens with zero attached hydrogens (tertiary/aromatic N) is 1. The molecule has 5 nitrogen and oxygen atoms in total. The van der Waals surface area contributed by atoms with Crippen molar-refractivity contribution in [1.29, 1.82) is 0 Å². The summed E-state index contributed by atoms with van der Waals surface area (Å²) in [6.45, 7) is -2.33. The monoisotopic (exact) mass is 365 g/mol. The lowest BCUT2D eigenvalue weighted by molar-refractivity contribution is -0.0512. The van der Waals surface area contributed by atoms with E-state index in [9.17, 15) is 8.78 Å². The van der Waals surface area contributed by atoms with Crippen LogP contribution in [-0.2, 0) is 6.54 Å². The Balaban J connectivity index is 1.87. The van der Waals surface area contributed by atoms with E-state index in [1.807, 2.05) is 30.3 Å². The van der Waals surface area contributed by atoms with E-state index in [1.54, 1.807) is 6.07 Å². The summed E-state index contributed by atoms with van der Waals surface area (Å²) in [5, 5.41) is 7.38. The van der Waals surface area contributed by atoms with Crippen molar-refractivity contribution in [3.63, 3.8) is 0 Å². The van der Waals surface area contributed by atoms with E-state index >= 15 is 0 Å². The van der Waals surface area contributed by atoms with Gasteiger partial charge in [-0.2, -0.15) is 13.9 Å². The lowest BCUT2D eigenvalue weighted by Gasteiger charge is -2.10. The van der Waals surface area contributed by atoms with E-state index in [0.29, 0.717) is 17.2 Å². The minimum Gasteiger partial charge on any atom is -0.493 e. The van der Waals surface area contributed by atoms with Gasteiger partial charge in [-0.3, -0.25) is 5.43 Å². The van der Waals surface area contributed by atoms with Gasteiger partial charge in [0.25, 0.3) is 0 Å². The Kier molecular flexibility index (Phi) is 7.09. The molecule has 0 radical (unpaired) electrons. The molecule has 2 rings (SSSR count). The first-order valence-corrected chi connectivity index (χ1v) is 7.73. The summed E-state index contributed by atoms with van der Waals surface area (Å²) in [7, 11) is 1.37. The van der Waals surface area contributed by atoms with Gasteiger partial charge in [0.15, 0.2) is 16.6 Å². The molecule has 0 amide bonds. The highest BCUT2D eigenvalue weighted by atomic mass is 32.1. The van der Waals surface area contributed by atoms with Gasteiger partial charge in [-0.1, -0.05) is 30.3 Å². The number of hydrazone groups is 1. The third-order valence-corrected chi connectivity index (χ3v) is 3.31. The predicted molar refractivity (Wildman–Crippen MR) is 96.2 cm³/mol. The Bertz CT molecular complexity index is 727. The van der Waals surface area contributed by atoms with Gasteiger partial charge < -0.3 is 14.8 Å². The second kappa shape index (κ2) is 9.53. The molecule has 2 aromatic rings. The Hall–Kier alpha value is -2.74. The molecule has 0 saturated heterocycles. The van der Waals surface area contributed by atoms with E-state index in [1.165, 1.54) is 25.5 Å². The van der Waals surface area contributed by atoms with Gasteiger partial charge in [0.05, 0.1) is 13.3 Å². The summed E-state index contributed by atoms with van der Waals surface area (Å²) < 4.78 is 34.0. The molecule has 0 saturated carbocycles. The van der Waals surface area contributed by atoms with Gasteiger partial charge in [0.1, 0.15) is 0 Å². The Labute approximate surface area is 149 Å². The molecular weight excluding hydrogens is 348 g/mol. The molecule has 25 heavy (non-hydrogen) atoms. The number of alkyl halides is 2. The van der Waals surface area contributed by atoms with Crippen molar-refractivity contribution in [3.8, 4) is 11.5 Å². The molecule has 0 atom stereocenters. The minimum atomic E-state index is -2.91. The van der Waals surface area contributed by atoms with Crippen molar-refractivity contribution in [1.82, 2.24) is 10.7 Å². The standard InChI is InChI=1S/C17H17F2N3O2S/c1-23-15-9-13(7-8-14(15)24-16(18)19)11-21-22-17(25)20-10-12-5-3-2-4-6-12/h2-9,11,16H,10H2,1H3,(H2,20,22,25)/b21-11+. The van der Waals surface area contributed by atoms with Crippen LogP contribution in [-0.4, -0.2) is 25.0 Å². The molecule has 2 N–H and O–H groups in total. The largest absolute Gasteiger partial charge is 0.493 e. The molecule has 0 aromatic heterocycles. The molecule has 0 fully saturated rings. The van der Waals surface area contributed by atoms with Crippen molar-refractivity contribution in [2.45, 2.75) is 13.2 Å². The zero-order chi connectivity index (χ0) is 18.1. The van der Waals surface area contributed by atoms with Crippen LogP contribution in [0.4, 0.5) is 8.78 Å². The van der Waals surface area contributed by atoms with Gasteiger partial charge in [-0.05, 0) is 41.5 Å². The van der Waals surface area contributed by atoms with E-state index in [2.05, 4.69) is 20.6 Å². The van der Waals surface area contributed by atoms with Crippen LogP contribution in [0.3, 0.4) is 0 Å². The molecule has 132 valence electrons. The van der Waals surface area contributed by atoms with Crippen LogP contribution in [0.2, 0.25) is 0 Å². The fourth-order valence-corrected chi connectivity index (χ4v) is 2.07. The zero-order valence-corrected chi connectivity index (χ0v) is 14.2. The average molecular weight is 365 g/mol. The van der Waals surface area contributed by atoms with Crippen LogP contribution >= 0.6 is 12.2 Å². The molecule has 0 spiro atoms. The maximum atomic E-state index is 12.3. The van der Waals surface area contributed by atoms with Gasteiger partial charge in [0, 0.05) is 6.54 Å². The van der Waals surface area contributed by atoms with Crippen molar-refractivity contribution in [2.75, 3.05) is 7.11 Å². The predicted octanol–water partition coefficient (Wildman–Crippen LogP) is 3.29. The molecule has 0 aliphatic rings. The third kappa shape index (κ3) is 6.34. The maximum Gasteiger partial charge on any atom is 0.387 e. The lowest BCUT2D eigenvalue weighted by atomic mass is 10.2. The number of methoxy groups -OCH3 is 1. The highest BCUT2D eigenvalue weighted by Gasteiger charge is 2.10. The number of halogens is 2. The number of thiocarbonyl (C=S) groups is 1. The SMILES string of the molecule is COc1cc(/C=N/NC(=S)NCc2ccccc2)ccc1OC(F)F. The molecule has 8 heteroatoms. The van der Waals surface area contributed by atoms with Crippen molar-refractivity contribution in [3.05, 3.63) is 59.7 Å². The summed E-state index contributed by atoms with van der Waals surface area (Å²) in [4.78, 5) is 0. The summed E-state index contributed by atoms with van der Waals surface area (Å²) in [5.41, 5.74) is 4.41. The molecule has 2 aromatic carbocycles. The molecule has 0 heterocycles. The fraction of sp³-hybridized carbons (Fsp3) is 0.176. The highest BCUT2D eigenvalue weighted by Crippen LogP contribution is 2.28. The number of benzene rings is 2. The number of hydrogen-bond acceptors (Lipinski definition) is 4. The normalized spacial score (nSPS) is 10.7. The third-order valence-electron chi connectivity index (χ3n) is 3.08. The quantitative estimate of drug-likeness (QED) is 0.448. The molecule has 0 bridgehead atoms. The summed E-state index contributed by atoms with van der Waals surface area (Å²) in [6, 6.07) is 14.3. The molecular formula is C17H17F2N3O2S. The van der Waals surface area contributed by atoms with Crippen LogP contribution in [0, 0.1) is 0 Å². The first-order chi connectivity index (χ1) is 12.1. The van der Waals surface area contributed by atoms with E-state index in [0.717, 1.165) is 5.56 Å². The highest BCUT2D eigenvalue weighted by molar-refractivity contribution is 7.80. The van der Waals surface area contributed by atoms with Crippen LogP contribution in [0.25, 0.3) is 0 Å².